The lowest BCUT2D eigenvalue weighted by atomic mass is 10.1. The first-order chi connectivity index (χ1) is 5.76. The maximum absolute atomic E-state index is 5.83. The van der Waals surface area contributed by atoms with Gasteiger partial charge in [-0.25, -0.2) is 0 Å². The molecular formula is C8H9Br2ClS. The summed E-state index contributed by atoms with van der Waals surface area (Å²) in [7, 11) is 0. The van der Waals surface area contributed by atoms with Crippen LogP contribution in [-0.4, -0.2) is 10.7 Å². The van der Waals surface area contributed by atoms with Crippen LogP contribution in [0.1, 0.15) is 4.88 Å². The van der Waals surface area contributed by atoms with Gasteiger partial charge in [-0.3, -0.25) is 0 Å². The normalized spacial score (nSPS) is 11.0. The molecule has 0 saturated carbocycles. The lowest BCUT2D eigenvalue weighted by Crippen LogP contribution is -2.05. The fourth-order valence-corrected chi connectivity index (χ4v) is 3.63. The first kappa shape index (κ1) is 11.0. The SMILES string of the molecule is Clc1ccc(CC(CBr)CBr)s1. The molecule has 0 fully saturated rings. The van der Waals surface area contributed by atoms with Crippen molar-refractivity contribution in [3.8, 4) is 0 Å². The monoisotopic (exact) mass is 330 g/mol. The van der Waals surface area contributed by atoms with E-state index in [9.17, 15) is 0 Å². The van der Waals surface area contributed by atoms with E-state index in [0.29, 0.717) is 5.92 Å². The van der Waals surface area contributed by atoms with Crippen molar-refractivity contribution in [3.63, 3.8) is 0 Å². The Morgan fingerprint density at radius 1 is 1.33 bits per heavy atom. The van der Waals surface area contributed by atoms with Crippen molar-refractivity contribution in [1.29, 1.82) is 0 Å². The van der Waals surface area contributed by atoms with Gasteiger partial charge in [-0.05, 0) is 24.5 Å². The van der Waals surface area contributed by atoms with Crippen LogP contribution < -0.4 is 0 Å². The van der Waals surface area contributed by atoms with Crippen molar-refractivity contribution in [1.82, 2.24) is 0 Å². The Morgan fingerprint density at radius 3 is 2.42 bits per heavy atom. The van der Waals surface area contributed by atoms with Gasteiger partial charge in [0.1, 0.15) is 0 Å². The molecule has 4 heteroatoms. The predicted molar refractivity (Wildman–Crippen MR) is 64.1 cm³/mol. The van der Waals surface area contributed by atoms with Crippen LogP contribution in [-0.2, 0) is 6.42 Å². The molecule has 68 valence electrons. The highest BCUT2D eigenvalue weighted by Gasteiger charge is 2.07. The Labute approximate surface area is 98.6 Å². The molecule has 0 aliphatic heterocycles. The number of hydrogen-bond donors (Lipinski definition) is 0. The number of rotatable bonds is 4. The van der Waals surface area contributed by atoms with E-state index in [-0.39, 0.29) is 0 Å². The van der Waals surface area contributed by atoms with E-state index in [1.165, 1.54) is 4.88 Å². The predicted octanol–water partition coefficient (Wildman–Crippen LogP) is 4.35. The van der Waals surface area contributed by atoms with E-state index in [0.717, 1.165) is 21.4 Å². The minimum absolute atomic E-state index is 0.666. The fourth-order valence-electron chi connectivity index (χ4n) is 0.896. The Morgan fingerprint density at radius 2 is 2.00 bits per heavy atom. The molecule has 12 heavy (non-hydrogen) atoms. The van der Waals surface area contributed by atoms with E-state index in [2.05, 4.69) is 37.9 Å². The number of alkyl halides is 2. The van der Waals surface area contributed by atoms with Gasteiger partial charge in [0, 0.05) is 15.5 Å². The highest BCUT2D eigenvalue weighted by atomic mass is 79.9. The van der Waals surface area contributed by atoms with Crippen LogP contribution in [0.4, 0.5) is 0 Å². The van der Waals surface area contributed by atoms with E-state index >= 15 is 0 Å². The van der Waals surface area contributed by atoms with Crippen LogP contribution in [0, 0.1) is 5.92 Å². The molecule has 1 heterocycles. The summed E-state index contributed by atoms with van der Waals surface area (Å²) in [5, 5.41) is 2.07. The summed E-state index contributed by atoms with van der Waals surface area (Å²) in [5.74, 6) is 0.666. The average Bonchev–Trinajstić information content (AvgIpc) is 2.47. The summed E-state index contributed by atoms with van der Waals surface area (Å²) in [6.45, 7) is 0. The standard InChI is InChI=1S/C8H9Br2ClS/c9-4-6(5-10)3-7-1-2-8(11)12-7/h1-2,6H,3-5H2. The zero-order valence-corrected chi connectivity index (χ0v) is 11.1. The molecule has 0 spiro atoms. The summed E-state index contributed by atoms with van der Waals surface area (Å²) in [4.78, 5) is 1.36. The van der Waals surface area contributed by atoms with Crippen molar-refractivity contribution in [2.24, 2.45) is 5.92 Å². The van der Waals surface area contributed by atoms with E-state index in [1.807, 2.05) is 6.07 Å². The second-order valence-electron chi connectivity index (χ2n) is 2.58. The van der Waals surface area contributed by atoms with Gasteiger partial charge < -0.3 is 0 Å². The van der Waals surface area contributed by atoms with E-state index in [4.69, 9.17) is 11.6 Å². The second-order valence-corrected chi connectivity index (χ2v) is 5.68. The van der Waals surface area contributed by atoms with Crippen LogP contribution >= 0.6 is 54.8 Å². The van der Waals surface area contributed by atoms with E-state index in [1.54, 1.807) is 11.3 Å². The largest absolute Gasteiger partial charge is 0.128 e. The molecule has 1 aromatic heterocycles. The number of halogens is 3. The quantitative estimate of drug-likeness (QED) is 0.719. The molecule has 0 aliphatic rings. The zero-order chi connectivity index (χ0) is 8.97. The summed E-state index contributed by atoms with van der Waals surface area (Å²) < 4.78 is 0.882. The third-order valence-corrected chi connectivity index (χ3v) is 4.64. The molecule has 1 aromatic rings. The van der Waals surface area contributed by atoms with Crippen molar-refractivity contribution < 1.29 is 0 Å². The van der Waals surface area contributed by atoms with Crippen LogP contribution in [0.5, 0.6) is 0 Å². The van der Waals surface area contributed by atoms with Crippen LogP contribution in [0.25, 0.3) is 0 Å². The van der Waals surface area contributed by atoms with Gasteiger partial charge in [-0.15, -0.1) is 11.3 Å². The van der Waals surface area contributed by atoms with Gasteiger partial charge >= 0.3 is 0 Å². The molecule has 0 amide bonds. The smallest absolute Gasteiger partial charge is 0.0931 e. The molecule has 0 N–H and O–H groups in total. The molecule has 0 atom stereocenters. The Bertz CT molecular complexity index is 233. The van der Waals surface area contributed by atoms with Crippen LogP contribution in [0.15, 0.2) is 12.1 Å². The summed E-state index contributed by atoms with van der Waals surface area (Å²) in [6, 6.07) is 4.06. The third-order valence-electron chi connectivity index (χ3n) is 1.56. The Kier molecular flexibility index (Phi) is 5.18. The van der Waals surface area contributed by atoms with Gasteiger partial charge in [0.2, 0.25) is 0 Å². The van der Waals surface area contributed by atoms with Crippen molar-refractivity contribution in [3.05, 3.63) is 21.3 Å². The number of thiophene rings is 1. The lowest BCUT2D eigenvalue weighted by Gasteiger charge is -2.07. The molecule has 0 aliphatic carbocycles. The third kappa shape index (κ3) is 3.36. The molecule has 0 nitrogen and oxygen atoms in total. The van der Waals surface area contributed by atoms with Crippen molar-refractivity contribution >= 4 is 54.8 Å². The van der Waals surface area contributed by atoms with Gasteiger partial charge in [-0.1, -0.05) is 43.5 Å². The maximum Gasteiger partial charge on any atom is 0.0931 e. The molecular weight excluding hydrogens is 323 g/mol. The van der Waals surface area contributed by atoms with Gasteiger partial charge in [-0.2, -0.15) is 0 Å². The van der Waals surface area contributed by atoms with Gasteiger partial charge in [0.05, 0.1) is 4.34 Å². The van der Waals surface area contributed by atoms with Crippen LogP contribution in [0.3, 0.4) is 0 Å². The molecule has 0 aromatic carbocycles. The highest BCUT2D eigenvalue weighted by molar-refractivity contribution is 9.09. The summed E-state index contributed by atoms with van der Waals surface area (Å²) in [5.41, 5.74) is 0. The average molecular weight is 332 g/mol. The fraction of sp³-hybridized carbons (Fsp3) is 0.500. The minimum Gasteiger partial charge on any atom is -0.128 e. The minimum atomic E-state index is 0.666. The molecule has 0 bridgehead atoms. The maximum atomic E-state index is 5.83. The molecule has 1 rings (SSSR count). The zero-order valence-electron chi connectivity index (χ0n) is 6.40. The molecule has 0 unspecified atom stereocenters. The first-order valence-electron chi connectivity index (χ1n) is 3.62. The molecule has 0 radical (unpaired) electrons. The second kappa shape index (κ2) is 5.63. The summed E-state index contributed by atoms with van der Waals surface area (Å²) in [6.07, 6.45) is 1.11. The van der Waals surface area contributed by atoms with Gasteiger partial charge in [0.15, 0.2) is 0 Å². The highest BCUT2D eigenvalue weighted by Crippen LogP contribution is 2.24. The Hall–Kier alpha value is 0.950. The van der Waals surface area contributed by atoms with Crippen LogP contribution in [0.2, 0.25) is 4.34 Å². The lowest BCUT2D eigenvalue weighted by molar-refractivity contribution is 0.687. The summed E-state index contributed by atoms with van der Waals surface area (Å²) >= 11 is 14.5. The van der Waals surface area contributed by atoms with E-state index < -0.39 is 0 Å². The molecule has 0 saturated heterocycles. The first-order valence-corrected chi connectivity index (χ1v) is 7.06. The van der Waals surface area contributed by atoms with Crippen molar-refractivity contribution in [2.75, 3.05) is 10.7 Å². The number of hydrogen-bond acceptors (Lipinski definition) is 1. The van der Waals surface area contributed by atoms with Crippen molar-refractivity contribution in [2.45, 2.75) is 6.42 Å². The Balaban J connectivity index is 2.50. The topological polar surface area (TPSA) is 0 Å². The van der Waals surface area contributed by atoms with Gasteiger partial charge in [0.25, 0.3) is 0 Å².